The van der Waals surface area contributed by atoms with E-state index in [-0.39, 0.29) is 0 Å². The summed E-state index contributed by atoms with van der Waals surface area (Å²) < 4.78 is 8.02. The van der Waals surface area contributed by atoms with E-state index in [4.69, 9.17) is 4.74 Å². The minimum Gasteiger partial charge on any atom is -0.494 e. The number of aryl methyl sites for hydroxylation is 1. The Morgan fingerprint density at radius 3 is 3.00 bits per heavy atom. The molecule has 0 unspecified atom stereocenters. The van der Waals surface area contributed by atoms with Crippen molar-refractivity contribution >= 4 is 27.0 Å². The zero-order valence-corrected chi connectivity index (χ0v) is 8.92. The van der Waals surface area contributed by atoms with Gasteiger partial charge in [-0.2, -0.15) is 0 Å². The summed E-state index contributed by atoms with van der Waals surface area (Å²) in [6.45, 7) is 0. The minimum atomic E-state index is 0.806. The van der Waals surface area contributed by atoms with E-state index in [0.717, 1.165) is 21.3 Å². The first-order chi connectivity index (χ1) is 6.22. The number of ether oxygens (including phenoxy) is 1. The van der Waals surface area contributed by atoms with Crippen LogP contribution in [0.2, 0.25) is 0 Å². The number of methoxy groups -OCH3 is 1. The van der Waals surface area contributed by atoms with Crippen molar-refractivity contribution < 1.29 is 4.74 Å². The predicted molar refractivity (Wildman–Crippen MR) is 53.8 cm³/mol. The van der Waals surface area contributed by atoms with Gasteiger partial charge in [0.05, 0.1) is 12.6 Å². The molecule has 4 heteroatoms. The van der Waals surface area contributed by atoms with Crippen molar-refractivity contribution in [3.8, 4) is 5.75 Å². The molecule has 0 aliphatic heterocycles. The molecule has 0 saturated heterocycles. The lowest BCUT2D eigenvalue weighted by Crippen LogP contribution is -1.90. The van der Waals surface area contributed by atoms with Gasteiger partial charge in [0.1, 0.15) is 11.3 Å². The molecule has 0 fully saturated rings. The van der Waals surface area contributed by atoms with E-state index in [1.165, 1.54) is 0 Å². The standard InChI is InChI=1S/C9H8BrN2O/c1-12-5-11-7-3-6(10)4-8(13-2)9(7)12/h3-4H,1-2H3. The molecule has 0 aliphatic carbocycles. The van der Waals surface area contributed by atoms with E-state index < -0.39 is 0 Å². The highest BCUT2D eigenvalue weighted by atomic mass is 79.9. The Labute approximate surface area is 84.5 Å². The predicted octanol–water partition coefficient (Wildman–Crippen LogP) is 2.14. The molecule has 0 amide bonds. The van der Waals surface area contributed by atoms with Crippen molar-refractivity contribution in [2.24, 2.45) is 7.05 Å². The summed E-state index contributed by atoms with van der Waals surface area (Å²) in [5.74, 6) is 0.806. The van der Waals surface area contributed by atoms with Gasteiger partial charge in [0.25, 0.3) is 0 Å². The van der Waals surface area contributed by atoms with Crippen LogP contribution in [0.15, 0.2) is 16.6 Å². The Balaban J connectivity index is 2.85. The molecule has 0 atom stereocenters. The van der Waals surface area contributed by atoms with Crippen molar-refractivity contribution in [1.29, 1.82) is 0 Å². The van der Waals surface area contributed by atoms with E-state index in [1.54, 1.807) is 7.11 Å². The first-order valence-electron chi connectivity index (χ1n) is 3.80. The molecule has 1 aromatic heterocycles. The summed E-state index contributed by atoms with van der Waals surface area (Å²) >= 11 is 3.39. The van der Waals surface area contributed by atoms with Crippen molar-refractivity contribution in [1.82, 2.24) is 9.55 Å². The fourth-order valence-electron chi connectivity index (χ4n) is 1.32. The van der Waals surface area contributed by atoms with Crippen LogP contribution in [0, 0.1) is 6.33 Å². The van der Waals surface area contributed by atoms with Crippen LogP contribution in [0.5, 0.6) is 5.75 Å². The summed E-state index contributed by atoms with van der Waals surface area (Å²) in [6, 6.07) is 3.85. The number of rotatable bonds is 1. The molecule has 2 aromatic rings. The van der Waals surface area contributed by atoms with Crippen LogP contribution in [-0.4, -0.2) is 16.7 Å². The van der Waals surface area contributed by atoms with Gasteiger partial charge < -0.3 is 9.30 Å². The number of halogens is 1. The number of fused-ring (bicyclic) bond motifs is 1. The van der Waals surface area contributed by atoms with Gasteiger partial charge in [0.2, 0.25) is 0 Å². The fraction of sp³-hybridized carbons (Fsp3) is 0.222. The molecule has 1 radical (unpaired) electrons. The Kier molecular flexibility index (Phi) is 2.00. The van der Waals surface area contributed by atoms with Gasteiger partial charge in [0.15, 0.2) is 6.33 Å². The molecule has 0 N–H and O–H groups in total. The van der Waals surface area contributed by atoms with Crippen LogP contribution in [0.25, 0.3) is 11.0 Å². The molecule has 67 valence electrons. The smallest absolute Gasteiger partial charge is 0.177 e. The average Bonchev–Trinajstić information content (AvgIpc) is 2.46. The number of nitrogens with zero attached hydrogens (tertiary/aromatic N) is 2. The maximum Gasteiger partial charge on any atom is 0.177 e. The van der Waals surface area contributed by atoms with Gasteiger partial charge in [-0.25, -0.2) is 4.98 Å². The van der Waals surface area contributed by atoms with Crippen molar-refractivity contribution in [3.63, 3.8) is 0 Å². The quantitative estimate of drug-likeness (QED) is 0.763. The third-order valence-corrected chi connectivity index (χ3v) is 2.35. The molecular weight excluding hydrogens is 232 g/mol. The topological polar surface area (TPSA) is 27.1 Å². The van der Waals surface area contributed by atoms with Crippen LogP contribution >= 0.6 is 15.9 Å². The number of benzene rings is 1. The van der Waals surface area contributed by atoms with Gasteiger partial charge in [-0.3, -0.25) is 0 Å². The molecule has 0 aliphatic rings. The lowest BCUT2D eigenvalue weighted by atomic mass is 10.3. The zero-order chi connectivity index (χ0) is 9.42. The van der Waals surface area contributed by atoms with Crippen molar-refractivity contribution in [2.45, 2.75) is 0 Å². The van der Waals surface area contributed by atoms with Gasteiger partial charge in [-0.1, -0.05) is 15.9 Å². The largest absolute Gasteiger partial charge is 0.494 e. The molecule has 13 heavy (non-hydrogen) atoms. The van der Waals surface area contributed by atoms with Crippen molar-refractivity contribution in [3.05, 3.63) is 22.9 Å². The summed E-state index contributed by atoms with van der Waals surface area (Å²) in [7, 11) is 3.54. The SMILES string of the molecule is COc1cc(Br)cc2n[c]n(C)c12. The minimum absolute atomic E-state index is 0.806. The van der Waals surface area contributed by atoms with Crippen LogP contribution in [0.3, 0.4) is 0 Å². The van der Waals surface area contributed by atoms with Crippen molar-refractivity contribution in [2.75, 3.05) is 7.11 Å². The Hall–Kier alpha value is -1.03. The number of imidazole rings is 1. The molecular formula is C9H8BrN2O. The van der Waals surface area contributed by atoms with Crippen LogP contribution in [0.1, 0.15) is 0 Å². The Morgan fingerprint density at radius 1 is 1.54 bits per heavy atom. The lowest BCUT2D eigenvalue weighted by Gasteiger charge is -2.03. The van der Waals surface area contributed by atoms with E-state index in [1.807, 2.05) is 23.7 Å². The Bertz CT molecular complexity index is 450. The normalized spacial score (nSPS) is 10.7. The van der Waals surface area contributed by atoms with Crippen LogP contribution in [-0.2, 0) is 7.05 Å². The summed E-state index contributed by atoms with van der Waals surface area (Å²) in [5.41, 5.74) is 1.85. The second-order valence-electron chi connectivity index (χ2n) is 2.75. The highest BCUT2D eigenvalue weighted by Gasteiger charge is 2.07. The third-order valence-electron chi connectivity index (χ3n) is 1.90. The molecule has 0 bridgehead atoms. The first kappa shape index (κ1) is 8.56. The molecule has 3 nitrogen and oxygen atoms in total. The van der Waals surface area contributed by atoms with Gasteiger partial charge in [0, 0.05) is 11.5 Å². The van der Waals surface area contributed by atoms with E-state index >= 15 is 0 Å². The monoisotopic (exact) mass is 239 g/mol. The Morgan fingerprint density at radius 2 is 2.31 bits per heavy atom. The summed E-state index contributed by atoms with van der Waals surface area (Å²) in [4.78, 5) is 4.12. The zero-order valence-electron chi connectivity index (χ0n) is 7.34. The molecule has 1 aromatic carbocycles. The maximum absolute atomic E-state index is 5.24. The summed E-state index contributed by atoms with van der Waals surface area (Å²) in [6.07, 6.45) is 2.84. The fourth-order valence-corrected chi connectivity index (χ4v) is 1.74. The molecule has 1 heterocycles. The van der Waals surface area contributed by atoms with Crippen LogP contribution < -0.4 is 4.74 Å². The molecule has 2 rings (SSSR count). The van der Waals surface area contributed by atoms with Gasteiger partial charge in [-0.05, 0) is 12.1 Å². The van der Waals surface area contributed by atoms with E-state index in [0.29, 0.717) is 0 Å². The average molecular weight is 240 g/mol. The number of hydrogen-bond acceptors (Lipinski definition) is 2. The maximum atomic E-state index is 5.24. The van der Waals surface area contributed by atoms with Gasteiger partial charge >= 0.3 is 0 Å². The highest BCUT2D eigenvalue weighted by Crippen LogP contribution is 2.28. The number of aromatic nitrogens is 2. The van der Waals surface area contributed by atoms with E-state index in [9.17, 15) is 0 Å². The third kappa shape index (κ3) is 1.31. The number of hydrogen-bond donors (Lipinski definition) is 0. The summed E-state index contributed by atoms with van der Waals surface area (Å²) in [5, 5.41) is 0. The lowest BCUT2D eigenvalue weighted by molar-refractivity contribution is 0.417. The first-order valence-corrected chi connectivity index (χ1v) is 4.59. The van der Waals surface area contributed by atoms with E-state index in [2.05, 4.69) is 27.2 Å². The second-order valence-corrected chi connectivity index (χ2v) is 3.66. The van der Waals surface area contributed by atoms with Gasteiger partial charge in [-0.15, -0.1) is 0 Å². The van der Waals surface area contributed by atoms with Crippen LogP contribution in [0.4, 0.5) is 0 Å². The highest BCUT2D eigenvalue weighted by molar-refractivity contribution is 9.10. The molecule has 0 spiro atoms. The molecule has 0 saturated carbocycles. The second kappa shape index (κ2) is 3.03.